The summed E-state index contributed by atoms with van der Waals surface area (Å²) in [4.78, 5) is 14.3. The highest BCUT2D eigenvalue weighted by Gasteiger charge is 2.32. The number of amides is 1. The number of carbonyl (C=O) groups excluding carboxylic acids is 1. The largest absolute Gasteiger partial charge is 0.370 e. The van der Waals surface area contributed by atoms with Crippen LogP contribution in [0.1, 0.15) is 25.5 Å². The molecule has 2 aliphatic heterocycles. The van der Waals surface area contributed by atoms with Crippen LogP contribution in [0.15, 0.2) is 16.6 Å². The molecule has 2 N–H and O–H groups in total. The number of nitrogens with one attached hydrogen (secondary N) is 2. The first-order valence-corrected chi connectivity index (χ1v) is 7.87. The Hall–Kier alpha value is -1.07. The maximum atomic E-state index is 11.9. The van der Waals surface area contributed by atoms with E-state index in [4.69, 9.17) is 0 Å². The van der Waals surface area contributed by atoms with Gasteiger partial charge in [0.05, 0.1) is 5.69 Å². The molecule has 0 saturated carbocycles. The van der Waals surface area contributed by atoms with E-state index < -0.39 is 0 Å². The molecule has 108 valence electrons. The fraction of sp³-hybridized carbons (Fsp3) is 0.533. The number of nitrogens with zero attached hydrogens (tertiary/aromatic N) is 1. The number of carbonyl (C=O) groups is 1. The van der Waals surface area contributed by atoms with Gasteiger partial charge in [0.25, 0.3) is 0 Å². The summed E-state index contributed by atoms with van der Waals surface area (Å²) in [6, 6.07) is 3.92. The zero-order valence-electron chi connectivity index (χ0n) is 12.0. The van der Waals surface area contributed by atoms with Crippen LogP contribution < -0.4 is 15.5 Å². The van der Waals surface area contributed by atoms with Gasteiger partial charge in [0.2, 0.25) is 5.91 Å². The van der Waals surface area contributed by atoms with E-state index in [0.717, 1.165) is 28.8 Å². The summed E-state index contributed by atoms with van der Waals surface area (Å²) in [6.45, 7) is 6.74. The van der Waals surface area contributed by atoms with Crippen LogP contribution in [-0.4, -0.2) is 26.0 Å². The summed E-state index contributed by atoms with van der Waals surface area (Å²) in [7, 11) is 1.81. The van der Waals surface area contributed by atoms with Crippen molar-refractivity contribution in [1.29, 1.82) is 0 Å². The number of rotatable bonds is 2. The van der Waals surface area contributed by atoms with Gasteiger partial charge in [-0.05, 0) is 46.9 Å². The van der Waals surface area contributed by atoms with Gasteiger partial charge in [-0.15, -0.1) is 0 Å². The fourth-order valence-electron chi connectivity index (χ4n) is 3.13. The standard InChI is InChI=1S/C15H20BrN3O/c1-8-6-19(7-9(8)2)13-5-12-10(4-11(13)16)14(17-3)15(20)18-12/h4-5,8-9,14,17H,6-7H2,1-3H3,(H,18,20). The number of fused-ring (bicyclic) bond motifs is 1. The van der Waals surface area contributed by atoms with Crippen molar-refractivity contribution in [1.82, 2.24) is 5.32 Å². The van der Waals surface area contributed by atoms with Crippen molar-refractivity contribution >= 4 is 33.2 Å². The molecule has 1 saturated heterocycles. The van der Waals surface area contributed by atoms with E-state index in [1.807, 2.05) is 7.05 Å². The lowest BCUT2D eigenvalue weighted by Crippen LogP contribution is -2.23. The van der Waals surface area contributed by atoms with Crippen molar-refractivity contribution in [3.8, 4) is 0 Å². The second-order valence-electron chi connectivity index (χ2n) is 5.96. The number of anilines is 2. The maximum Gasteiger partial charge on any atom is 0.246 e. The van der Waals surface area contributed by atoms with Gasteiger partial charge in [-0.25, -0.2) is 0 Å². The number of benzene rings is 1. The summed E-state index contributed by atoms with van der Waals surface area (Å²) in [5.74, 6) is 1.43. The Morgan fingerprint density at radius 2 is 1.95 bits per heavy atom. The van der Waals surface area contributed by atoms with Crippen LogP contribution in [0.25, 0.3) is 0 Å². The van der Waals surface area contributed by atoms with Crippen molar-refractivity contribution in [2.24, 2.45) is 11.8 Å². The third-order valence-electron chi connectivity index (χ3n) is 4.57. The van der Waals surface area contributed by atoms with E-state index in [1.165, 1.54) is 5.69 Å². The average molecular weight is 338 g/mol. The number of hydrogen-bond acceptors (Lipinski definition) is 3. The molecule has 5 heteroatoms. The fourth-order valence-corrected chi connectivity index (χ4v) is 3.74. The molecular weight excluding hydrogens is 318 g/mol. The molecule has 4 nitrogen and oxygen atoms in total. The molecule has 3 rings (SSSR count). The SMILES string of the molecule is CNC1C(=O)Nc2cc(N3CC(C)C(C)C3)c(Br)cc21. The molecule has 0 bridgehead atoms. The molecule has 20 heavy (non-hydrogen) atoms. The summed E-state index contributed by atoms with van der Waals surface area (Å²) in [5, 5.41) is 6.02. The topological polar surface area (TPSA) is 44.4 Å². The van der Waals surface area contributed by atoms with Gasteiger partial charge < -0.3 is 15.5 Å². The molecule has 1 fully saturated rings. The van der Waals surface area contributed by atoms with Crippen LogP contribution in [0, 0.1) is 11.8 Å². The predicted molar refractivity (Wildman–Crippen MR) is 85.1 cm³/mol. The van der Waals surface area contributed by atoms with Crippen LogP contribution in [-0.2, 0) is 4.79 Å². The Labute approximate surface area is 128 Å². The first-order chi connectivity index (χ1) is 9.51. The van der Waals surface area contributed by atoms with E-state index in [2.05, 4.69) is 57.4 Å². The summed E-state index contributed by atoms with van der Waals surface area (Å²) in [6.07, 6.45) is 0. The molecule has 1 aromatic carbocycles. The molecule has 0 aliphatic carbocycles. The molecule has 3 atom stereocenters. The third kappa shape index (κ3) is 2.13. The van der Waals surface area contributed by atoms with Crippen molar-refractivity contribution < 1.29 is 4.79 Å². The van der Waals surface area contributed by atoms with Crippen LogP contribution in [0.4, 0.5) is 11.4 Å². The third-order valence-corrected chi connectivity index (χ3v) is 5.20. The normalized spacial score (nSPS) is 28.7. The van der Waals surface area contributed by atoms with E-state index in [0.29, 0.717) is 11.8 Å². The highest BCUT2D eigenvalue weighted by molar-refractivity contribution is 9.10. The molecular formula is C15H20BrN3O. The Balaban J connectivity index is 1.96. The lowest BCUT2D eigenvalue weighted by atomic mass is 10.0. The Kier molecular flexibility index (Phi) is 3.50. The van der Waals surface area contributed by atoms with Crippen molar-refractivity contribution in [3.05, 3.63) is 22.2 Å². The summed E-state index contributed by atoms with van der Waals surface area (Å²) in [5.41, 5.74) is 3.13. The van der Waals surface area contributed by atoms with Crippen molar-refractivity contribution in [3.63, 3.8) is 0 Å². The zero-order valence-corrected chi connectivity index (χ0v) is 13.6. The smallest absolute Gasteiger partial charge is 0.246 e. The molecule has 2 heterocycles. The Morgan fingerprint density at radius 1 is 1.30 bits per heavy atom. The van der Waals surface area contributed by atoms with Crippen molar-refractivity contribution in [2.75, 3.05) is 30.4 Å². The summed E-state index contributed by atoms with van der Waals surface area (Å²) < 4.78 is 1.06. The minimum absolute atomic E-state index is 0.0229. The molecule has 0 spiro atoms. The lowest BCUT2D eigenvalue weighted by Gasteiger charge is -2.21. The number of hydrogen-bond donors (Lipinski definition) is 2. The van der Waals surface area contributed by atoms with E-state index >= 15 is 0 Å². The zero-order chi connectivity index (χ0) is 14.4. The molecule has 1 aromatic rings. The van der Waals surface area contributed by atoms with Gasteiger partial charge in [-0.2, -0.15) is 0 Å². The Bertz CT molecular complexity index is 550. The van der Waals surface area contributed by atoms with E-state index in [1.54, 1.807) is 0 Å². The second kappa shape index (κ2) is 5.04. The van der Waals surface area contributed by atoms with Crippen LogP contribution >= 0.6 is 15.9 Å². The minimum atomic E-state index is -0.244. The van der Waals surface area contributed by atoms with Crippen LogP contribution in [0.2, 0.25) is 0 Å². The first-order valence-electron chi connectivity index (χ1n) is 7.07. The Morgan fingerprint density at radius 3 is 2.55 bits per heavy atom. The average Bonchev–Trinajstić information content (AvgIpc) is 2.88. The quantitative estimate of drug-likeness (QED) is 0.872. The minimum Gasteiger partial charge on any atom is -0.370 e. The summed E-state index contributed by atoms with van der Waals surface area (Å²) >= 11 is 3.67. The monoisotopic (exact) mass is 337 g/mol. The molecule has 0 aromatic heterocycles. The predicted octanol–water partition coefficient (Wildman–Crippen LogP) is 2.75. The van der Waals surface area contributed by atoms with Gasteiger partial charge in [0, 0.05) is 28.8 Å². The highest BCUT2D eigenvalue weighted by Crippen LogP contribution is 2.40. The van der Waals surface area contributed by atoms with Crippen molar-refractivity contribution in [2.45, 2.75) is 19.9 Å². The van der Waals surface area contributed by atoms with Gasteiger partial charge in [-0.1, -0.05) is 13.8 Å². The number of likely N-dealkylation sites (N-methyl/N-ethyl adjacent to an activating group) is 1. The molecule has 3 unspecified atom stereocenters. The number of halogens is 1. The van der Waals surface area contributed by atoms with Gasteiger partial charge in [0.15, 0.2) is 0 Å². The van der Waals surface area contributed by atoms with Gasteiger partial charge >= 0.3 is 0 Å². The maximum absolute atomic E-state index is 11.9. The molecule has 0 radical (unpaired) electrons. The van der Waals surface area contributed by atoms with Gasteiger partial charge in [0.1, 0.15) is 6.04 Å². The molecule has 2 aliphatic rings. The van der Waals surface area contributed by atoms with E-state index in [-0.39, 0.29) is 11.9 Å². The second-order valence-corrected chi connectivity index (χ2v) is 6.82. The van der Waals surface area contributed by atoms with Crippen LogP contribution in [0.3, 0.4) is 0 Å². The lowest BCUT2D eigenvalue weighted by molar-refractivity contribution is -0.117. The molecule has 1 amide bonds. The van der Waals surface area contributed by atoms with E-state index in [9.17, 15) is 4.79 Å². The highest BCUT2D eigenvalue weighted by atomic mass is 79.9. The van der Waals surface area contributed by atoms with Gasteiger partial charge in [-0.3, -0.25) is 4.79 Å². The first kappa shape index (κ1) is 13.9. The van der Waals surface area contributed by atoms with Crippen LogP contribution in [0.5, 0.6) is 0 Å².